The molecule has 0 aliphatic rings. The van der Waals surface area contributed by atoms with E-state index < -0.39 is 5.41 Å². The summed E-state index contributed by atoms with van der Waals surface area (Å²) in [6, 6.07) is 8.65. The number of hydrogen-bond acceptors (Lipinski definition) is 1. The van der Waals surface area contributed by atoms with E-state index in [0.29, 0.717) is 12.0 Å². The van der Waals surface area contributed by atoms with Crippen molar-refractivity contribution < 1.29 is 4.39 Å². The average molecular weight is 315 g/mol. The van der Waals surface area contributed by atoms with Crippen molar-refractivity contribution >= 4 is 23.2 Å². The van der Waals surface area contributed by atoms with Crippen LogP contribution in [0, 0.1) is 12.7 Å². The predicted octanol–water partition coefficient (Wildman–Crippen LogP) is 3.83. The summed E-state index contributed by atoms with van der Waals surface area (Å²) >= 11 is 12.3. The van der Waals surface area contributed by atoms with E-state index in [1.54, 1.807) is 22.9 Å². The van der Waals surface area contributed by atoms with Crippen LogP contribution < -0.4 is 0 Å². The second-order valence-electron chi connectivity index (χ2n) is 5.10. The van der Waals surface area contributed by atoms with Crippen molar-refractivity contribution in [2.24, 2.45) is 7.05 Å². The lowest BCUT2D eigenvalue weighted by Gasteiger charge is -2.30. The molecule has 0 saturated carbocycles. The van der Waals surface area contributed by atoms with E-state index >= 15 is 0 Å². The van der Waals surface area contributed by atoms with Gasteiger partial charge < -0.3 is 0 Å². The molecule has 0 bridgehead atoms. The maximum Gasteiger partial charge on any atom is 0.127 e. The van der Waals surface area contributed by atoms with Gasteiger partial charge in [-0.1, -0.05) is 18.2 Å². The molecule has 2 rings (SSSR count). The molecule has 0 unspecified atom stereocenters. The van der Waals surface area contributed by atoms with Gasteiger partial charge >= 0.3 is 0 Å². The van der Waals surface area contributed by atoms with Crippen molar-refractivity contribution in [3.8, 4) is 0 Å². The highest BCUT2D eigenvalue weighted by Crippen LogP contribution is 2.33. The van der Waals surface area contributed by atoms with Gasteiger partial charge in [-0.2, -0.15) is 5.10 Å². The Morgan fingerprint density at radius 1 is 1.25 bits per heavy atom. The van der Waals surface area contributed by atoms with Gasteiger partial charge in [-0.15, -0.1) is 23.2 Å². The first kappa shape index (κ1) is 15.3. The van der Waals surface area contributed by atoms with Crippen LogP contribution in [0.25, 0.3) is 0 Å². The molecule has 2 aromatic rings. The van der Waals surface area contributed by atoms with Crippen LogP contribution >= 0.6 is 23.2 Å². The summed E-state index contributed by atoms with van der Waals surface area (Å²) in [5, 5.41) is 4.32. The van der Waals surface area contributed by atoms with Crippen LogP contribution in [0.5, 0.6) is 0 Å². The number of rotatable bonds is 5. The van der Waals surface area contributed by atoms with Gasteiger partial charge in [0.15, 0.2) is 0 Å². The second kappa shape index (κ2) is 6.15. The summed E-state index contributed by atoms with van der Waals surface area (Å²) in [6.07, 6.45) is 0.554. The number of benzene rings is 1. The van der Waals surface area contributed by atoms with Crippen LogP contribution in [0.15, 0.2) is 30.3 Å². The highest BCUT2D eigenvalue weighted by molar-refractivity contribution is 6.22. The van der Waals surface area contributed by atoms with Crippen LogP contribution in [-0.4, -0.2) is 21.5 Å². The standard InChI is InChI=1S/C15H17Cl2FN2/c1-11-7-12(20(2)19-11)8-15(9-16,10-17)13-5-3-4-6-14(13)18/h3-7H,8-10H2,1-2H3. The lowest BCUT2D eigenvalue weighted by atomic mass is 9.79. The normalized spacial score (nSPS) is 11.8. The van der Waals surface area contributed by atoms with Crippen LogP contribution in [0.1, 0.15) is 17.0 Å². The zero-order valence-corrected chi connectivity index (χ0v) is 13.0. The number of aryl methyl sites for hydroxylation is 2. The number of hydrogen-bond donors (Lipinski definition) is 0. The van der Waals surface area contributed by atoms with Gasteiger partial charge in [0.05, 0.1) is 5.69 Å². The zero-order valence-electron chi connectivity index (χ0n) is 11.5. The molecule has 0 saturated heterocycles. The van der Waals surface area contributed by atoms with Crippen molar-refractivity contribution in [3.63, 3.8) is 0 Å². The minimum absolute atomic E-state index is 0.252. The SMILES string of the molecule is Cc1cc(CC(CCl)(CCl)c2ccccc2F)n(C)n1. The van der Waals surface area contributed by atoms with E-state index in [4.69, 9.17) is 23.2 Å². The lowest BCUT2D eigenvalue weighted by Crippen LogP contribution is -2.35. The molecular weight excluding hydrogens is 298 g/mol. The van der Waals surface area contributed by atoms with Gasteiger partial charge in [0.2, 0.25) is 0 Å². The molecule has 0 aliphatic carbocycles. The van der Waals surface area contributed by atoms with Gasteiger partial charge in [-0.05, 0) is 24.6 Å². The minimum atomic E-state index is -0.630. The molecule has 0 spiro atoms. The van der Waals surface area contributed by atoms with Crippen LogP contribution in [-0.2, 0) is 18.9 Å². The van der Waals surface area contributed by atoms with Crippen molar-refractivity contribution in [2.45, 2.75) is 18.8 Å². The zero-order chi connectivity index (χ0) is 14.8. The van der Waals surface area contributed by atoms with E-state index in [-0.39, 0.29) is 17.6 Å². The maximum atomic E-state index is 14.1. The van der Waals surface area contributed by atoms with Crippen molar-refractivity contribution in [3.05, 3.63) is 53.1 Å². The Balaban J connectivity index is 2.45. The largest absolute Gasteiger partial charge is 0.272 e. The number of halogens is 3. The molecule has 0 aliphatic heterocycles. The molecule has 0 N–H and O–H groups in total. The fourth-order valence-corrected chi connectivity index (χ4v) is 3.20. The molecular formula is C15H17Cl2FN2. The molecule has 0 fully saturated rings. The third-order valence-electron chi connectivity index (χ3n) is 3.58. The van der Waals surface area contributed by atoms with Gasteiger partial charge in [-0.25, -0.2) is 4.39 Å². The molecule has 1 aromatic carbocycles. The van der Waals surface area contributed by atoms with E-state index in [1.165, 1.54) is 6.07 Å². The molecule has 0 atom stereocenters. The number of aromatic nitrogens is 2. The Hall–Kier alpha value is -1.06. The fourth-order valence-electron chi connectivity index (χ4n) is 2.44. The van der Waals surface area contributed by atoms with Crippen molar-refractivity contribution in [1.82, 2.24) is 9.78 Å². The Labute approximate surface area is 128 Å². The molecule has 0 amide bonds. The van der Waals surface area contributed by atoms with E-state index in [0.717, 1.165) is 11.4 Å². The summed E-state index contributed by atoms with van der Waals surface area (Å²) in [5.74, 6) is 0.233. The third kappa shape index (κ3) is 2.84. The van der Waals surface area contributed by atoms with Gasteiger partial charge in [0.1, 0.15) is 5.82 Å². The highest BCUT2D eigenvalue weighted by Gasteiger charge is 2.34. The molecule has 108 valence electrons. The first-order valence-electron chi connectivity index (χ1n) is 6.39. The van der Waals surface area contributed by atoms with Gasteiger partial charge in [-0.3, -0.25) is 4.68 Å². The van der Waals surface area contributed by atoms with Crippen LogP contribution in [0.2, 0.25) is 0 Å². The topological polar surface area (TPSA) is 17.8 Å². The monoisotopic (exact) mass is 314 g/mol. The summed E-state index contributed by atoms with van der Waals surface area (Å²) in [4.78, 5) is 0. The van der Waals surface area contributed by atoms with Crippen LogP contribution in [0.4, 0.5) is 4.39 Å². The predicted molar refractivity (Wildman–Crippen MR) is 81.2 cm³/mol. The second-order valence-corrected chi connectivity index (χ2v) is 5.64. The summed E-state index contributed by atoms with van der Waals surface area (Å²) in [6.45, 7) is 1.93. The van der Waals surface area contributed by atoms with Gasteiger partial charge in [0, 0.05) is 36.3 Å². The summed E-state index contributed by atoms with van der Waals surface area (Å²) < 4.78 is 15.9. The lowest BCUT2D eigenvalue weighted by molar-refractivity contribution is 0.476. The Bertz CT molecular complexity index is 591. The first-order valence-corrected chi connectivity index (χ1v) is 7.46. The average Bonchev–Trinajstić information content (AvgIpc) is 2.75. The molecule has 2 nitrogen and oxygen atoms in total. The van der Waals surface area contributed by atoms with Gasteiger partial charge in [0.25, 0.3) is 0 Å². The molecule has 5 heteroatoms. The fraction of sp³-hybridized carbons (Fsp3) is 0.400. The molecule has 1 heterocycles. The Kier molecular flexibility index (Phi) is 4.71. The van der Waals surface area contributed by atoms with E-state index in [9.17, 15) is 4.39 Å². The van der Waals surface area contributed by atoms with Crippen molar-refractivity contribution in [1.29, 1.82) is 0 Å². The Morgan fingerprint density at radius 2 is 1.90 bits per heavy atom. The summed E-state index contributed by atoms with van der Waals surface area (Å²) in [5.41, 5.74) is 1.85. The molecule has 0 radical (unpaired) electrons. The highest BCUT2D eigenvalue weighted by atomic mass is 35.5. The smallest absolute Gasteiger partial charge is 0.127 e. The van der Waals surface area contributed by atoms with Crippen LogP contribution in [0.3, 0.4) is 0 Å². The van der Waals surface area contributed by atoms with E-state index in [2.05, 4.69) is 5.10 Å². The molecule has 20 heavy (non-hydrogen) atoms. The van der Waals surface area contributed by atoms with Crippen molar-refractivity contribution in [2.75, 3.05) is 11.8 Å². The number of alkyl halides is 2. The Morgan fingerprint density at radius 3 is 2.40 bits per heavy atom. The molecule has 1 aromatic heterocycles. The third-order valence-corrected chi connectivity index (χ3v) is 4.60. The maximum absolute atomic E-state index is 14.1. The quantitative estimate of drug-likeness (QED) is 0.767. The number of nitrogens with zero attached hydrogens (tertiary/aromatic N) is 2. The van der Waals surface area contributed by atoms with E-state index in [1.807, 2.05) is 20.0 Å². The first-order chi connectivity index (χ1) is 9.52. The minimum Gasteiger partial charge on any atom is -0.272 e. The summed E-state index contributed by atoms with van der Waals surface area (Å²) in [7, 11) is 1.87.